The van der Waals surface area contributed by atoms with Crippen molar-refractivity contribution in [3.8, 4) is 5.75 Å². The molecule has 0 radical (unpaired) electrons. The molecular weight excluding hydrogens is 358 g/mol. The van der Waals surface area contributed by atoms with Crippen LogP contribution in [0.2, 0.25) is 0 Å². The predicted octanol–water partition coefficient (Wildman–Crippen LogP) is 7.14. The SMILES string of the molecule is CCCC1CCC(C(F)(F)Oc2ccc(/C(F)=C/C(F)(F)F)cc2)CC1. The summed E-state index contributed by atoms with van der Waals surface area (Å²) in [7, 11) is 0. The highest BCUT2D eigenvalue weighted by molar-refractivity contribution is 5.60. The van der Waals surface area contributed by atoms with Crippen LogP contribution in [0.4, 0.5) is 26.3 Å². The van der Waals surface area contributed by atoms with Crippen LogP contribution in [0.25, 0.3) is 5.83 Å². The minimum atomic E-state index is -4.79. The predicted molar refractivity (Wildman–Crippen MR) is 87.5 cm³/mol. The maximum Gasteiger partial charge on any atom is 0.412 e. The van der Waals surface area contributed by atoms with Gasteiger partial charge in [-0.15, -0.1) is 0 Å². The van der Waals surface area contributed by atoms with Gasteiger partial charge in [-0.1, -0.05) is 19.8 Å². The molecule has 0 atom stereocenters. The van der Waals surface area contributed by atoms with Crippen LogP contribution in [0, 0.1) is 11.8 Å². The van der Waals surface area contributed by atoms with Gasteiger partial charge in [0, 0.05) is 5.56 Å². The van der Waals surface area contributed by atoms with E-state index in [-0.39, 0.29) is 11.3 Å². The molecule has 0 saturated heterocycles. The van der Waals surface area contributed by atoms with E-state index in [1.807, 2.05) is 0 Å². The Labute approximate surface area is 149 Å². The molecule has 0 N–H and O–H groups in total. The first-order chi connectivity index (χ1) is 12.1. The Morgan fingerprint density at radius 3 is 2.12 bits per heavy atom. The van der Waals surface area contributed by atoms with Crippen molar-refractivity contribution in [2.45, 2.75) is 57.7 Å². The highest BCUT2D eigenvalue weighted by Crippen LogP contribution is 2.41. The van der Waals surface area contributed by atoms with Crippen molar-refractivity contribution < 1.29 is 31.1 Å². The Morgan fingerprint density at radius 2 is 1.62 bits per heavy atom. The maximum atomic E-state index is 14.3. The van der Waals surface area contributed by atoms with Crippen molar-refractivity contribution in [2.75, 3.05) is 0 Å². The van der Waals surface area contributed by atoms with Gasteiger partial charge in [0.15, 0.2) is 0 Å². The van der Waals surface area contributed by atoms with Crippen LogP contribution in [0.15, 0.2) is 30.3 Å². The molecule has 0 heterocycles. The Hall–Kier alpha value is -1.66. The average Bonchev–Trinajstić information content (AvgIpc) is 2.54. The average molecular weight is 380 g/mol. The first-order valence-corrected chi connectivity index (χ1v) is 8.73. The minimum absolute atomic E-state index is 0.200. The summed E-state index contributed by atoms with van der Waals surface area (Å²) >= 11 is 0. The van der Waals surface area contributed by atoms with Gasteiger partial charge in [0.05, 0.1) is 12.0 Å². The summed E-state index contributed by atoms with van der Waals surface area (Å²) in [6, 6.07) is 4.08. The molecule has 0 bridgehead atoms. The van der Waals surface area contributed by atoms with Crippen LogP contribution in [0.3, 0.4) is 0 Å². The summed E-state index contributed by atoms with van der Waals surface area (Å²) in [4.78, 5) is 0. The largest absolute Gasteiger partial charge is 0.432 e. The molecule has 7 heteroatoms. The van der Waals surface area contributed by atoms with E-state index in [0.29, 0.717) is 18.8 Å². The number of halogens is 6. The quantitative estimate of drug-likeness (QED) is 0.477. The summed E-state index contributed by atoms with van der Waals surface area (Å²) in [6.45, 7) is 2.07. The lowest BCUT2D eigenvalue weighted by molar-refractivity contribution is -0.223. The zero-order chi connectivity index (χ0) is 19.4. The normalized spacial score (nSPS) is 22.3. The van der Waals surface area contributed by atoms with Crippen LogP contribution in [0.1, 0.15) is 51.0 Å². The number of hydrogen-bond donors (Lipinski definition) is 0. The third-order valence-electron chi connectivity index (χ3n) is 4.69. The zero-order valence-corrected chi connectivity index (χ0v) is 14.5. The van der Waals surface area contributed by atoms with E-state index in [9.17, 15) is 26.3 Å². The third kappa shape index (κ3) is 5.95. The molecule has 1 nitrogen and oxygen atoms in total. The van der Waals surface area contributed by atoms with Crippen molar-refractivity contribution >= 4 is 5.83 Å². The van der Waals surface area contributed by atoms with E-state index < -0.39 is 30.1 Å². The fraction of sp³-hybridized carbons (Fsp3) is 0.579. The minimum Gasteiger partial charge on any atom is -0.432 e. The smallest absolute Gasteiger partial charge is 0.412 e. The third-order valence-corrected chi connectivity index (χ3v) is 4.69. The van der Waals surface area contributed by atoms with Crippen LogP contribution in [-0.2, 0) is 0 Å². The molecule has 146 valence electrons. The molecule has 1 aliphatic rings. The second-order valence-electron chi connectivity index (χ2n) is 6.73. The van der Waals surface area contributed by atoms with Crippen LogP contribution in [0.5, 0.6) is 5.75 Å². The van der Waals surface area contributed by atoms with E-state index in [1.165, 1.54) is 0 Å². The standard InChI is InChI=1S/C19H22F6O/c1-2-3-13-4-8-15(9-5-13)19(24,25)26-16-10-6-14(7-11-16)17(20)12-18(21,22)23/h6-7,10-13,15H,2-5,8-9H2,1H3/b17-12-. The van der Waals surface area contributed by atoms with Crippen molar-refractivity contribution in [2.24, 2.45) is 11.8 Å². The van der Waals surface area contributed by atoms with E-state index >= 15 is 0 Å². The number of ether oxygens (including phenoxy) is 1. The number of benzene rings is 1. The molecule has 0 spiro atoms. The van der Waals surface area contributed by atoms with Gasteiger partial charge in [-0.05, 0) is 55.9 Å². The first-order valence-electron chi connectivity index (χ1n) is 8.73. The molecule has 1 fully saturated rings. The molecule has 2 rings (SSSR count). The highest BCUT2D eigenvalue weighted by Gasteiger charge is 2.43. The summed E-state index contributed by atoms with van der Waals surface area (Å²) in [5, 5.41) is 0. The molecule has 0 amide bonds. The van der Waals surface area contributed by atoms with Crippen molar-refractivity contribution in [3.05, 3.63) is 35.9 Å². The lowest BCUT2D eigenvalue weighted by atomic mass is 9.79. The number of rotatable bonds is 6. The van der Waals surface area contributed by atoms with Gasteiger partial charge in [0.25, 0.3) is 0 Å². The number of allylic oxidation sites excluding steroid dienone is 1. The zero-order valence-electron chi connectivity index (χ0n) is 14.5. The van der Waals surface area contributed by atoms with Gasteiger partial charge >= 0.3 is 12.3 Å². The van der Waals surface area contributed by atoms with Crippen LogP contribution >= 0.6 is 0 Å². The van der Waals surface area contributed by atoms with Gasteiger partial charge in [-0.2, -0.15) is 22.0 Å². The van der Waals surface area contributed by atoms with E-state index in [0.717, 1.165) is 49.9 Å². The van der Waals surface area contributed by atoms with Gasteiger partial charge in [-0.3, -0.25) is 0 Å². The van der Waals surface area contributed by atoms with E-state index in [1.54, 1.807) is 0 Å². The van der Waals surface area contributed by atoms with Crippen molar-refractivity contribution in [3.63, 3.8) is 0 Å². The topological polar surface area (TPSA) is 9.23 Å². The van der Waals surface area contributed by atoms with Crippen molar-refractivity contribution in [1.82, 2.24) is 0 Å². The number of hydrogen-bond acceptors (Lipinski definition) is 1. The molecule has 1 aliphatic carbocycles. The van der Waals surface area contributed by atoms with E-state index in [2.05, 4.69) is 6.92 Å². The summed E-state index contributed by atoms with van der Waals surface area (Å²) in [5.74, 6) is -2.09. The molecule has 0 aromatic heterocycles. The first kappa shape index (κ1) is 20.6. The fourth-order valence-electron chi connectivity index (χ4n) is 3.35. The van der Waals surface area contributed by atoms with Crippen molar-refractivity contribution in [1.29, 1.82) is 0 Å². The Bertz CT molecular complexity index is 597. The highest BCUT2D eigenvalue weighted by atomic mass is 19.4. The lowest BCUT2D eigenvalue weighted by Crippen LogP contribution is -2.37. The second kappa shape index (κ2) is 8.35. The maximum absolute atomic E-state index is 14.3. The van der Waals surface area contributed by atoms with Gasteiger partial charge in [0.1, 0.15) is 11.6 Å². The summed E-state index contributed by atoms with van der Waals surface area (Å²) in [6.07, 6.45) is -4.33. The fourth-order valence-corrected chi connectivity index (χ4v) is 3.35. The molecule has 0 unspecified atom stereocenters. The molecule has 1 saturated carbocycles. The van der Waals surface area contributed by atoms with Crippen LogP contribution < -0.4 is 4.74 Å². The van der Waals surface area contributed by atoms with Crippen LogP contribution in [-0.4, -0.2) is 12.3 Å². The Kier molecular flexibility index (Phi) is 6.64. The molecule has 26 heavy (non-hydrogen) atoms. The molecule has 1 aromatic rings. The second-order valence-corrected chi connectivity index (χ2v) is 6.73. The Morgan fingerprint density at radius 1 is 1.04 bits per heavy atom. The molecule has 1 aromatic carbocycles. The summed E-state index contributed by atoms with van der Waals surface area (Å²) < 4.78 is 83.3. The monoisotopic (exact) mass is 380 g/mol. The summed E-state index contributed by atoms with van der Waals surface area (Å²) in [5.41, 5.74) is -0.349. The Balaban J connectivity index is 1.98. The number of alkyl halides is 5. The molecular formula is C19H22F6O. The van der Waals surface area contributed by atoms with Gasteiger partial charge in [-0.25, -0.2) is 4.39 Å². The lowest BCUT2D eigenvalue weighted by Gasteiger charge is -2.33. The molecule has 0 aliphatic heterocycles. The van der Waals surface area contributed by atoms with E-state index in [4.69, 9.17) is 4.74 Å². The van der Waals surface area contributed by atoms with Gasteiger partial charge < -0.3 is 4.74 Å². The van der Waals surface area contributed by atoms with Gasteiger partial charge in [0.2, 0.25) is 0 Å².